The van der Waals surface area contributed by atoms with E-state index >= 15 is 0 Å². The second-order valence-electron chi connectivity index (χ2n) is 14.8. The Morgan fingerprint density at radius 1 is 0.259 bits per heavy atom. The van der Waals surface area contributed by atoms with Crippen LogP contribution in [0.5, 0.6) is 0 Å². The number of fused-ring (bicyclic) bond motifs is 5. The van der Waals surface area contributed by atoms with E-state index in [0.717, 1.165) is 61.5 Å². The van der Waals surface area contributed by atoms with Crippen LogP contribution in [0.3, 0.4) is 0 Å². The van der Waals surface area contributed by atoms with Gasteiger partial charge in [-0.2, -0.15) is 0 Å². The van der Waals surface area contributed by atoms with E-state index in [9.17, 15) is 0 Å². The van der Waals surface area contributed by atoms with Crippen LogP contribution >= 0.6 is 0 Å². The fourth-order valence-electron chi connectivity index (χ4n) is 8.22. The fraction of sp³-hybridized carbons (Fsp3) is 0. The number of hydrogen-bond donors (Lipinski definition) is 0. The van der Waals surface area contributed by atoms with Crippen LogP contribution in [0.2, 0.25) is 0 Å². The summed E-state index contributed by atoms with van der Waals surface area (Å²) in [5.41, 5.74) is 12.5. The average Bonchev–Trinajstić information content (AvgIpc) is 3.31. The second kappa shape index (κ2) is 14.1. The highest BCUT2D eigenvalue weighted by Crippen LogP contribution is 2.38. The van der Waals surface area contributed by atoms with Crippen molar-refractivity contribution in [3.8, 4) is 67.4 Å². The Balaban J connectivity index is 0.972. The first-order chi connectivity index (χ1) is 28.7. The number of aromatic nitrogens is 3. The summed E-state index contributed by atoms with van der Waals surface area (Å²) >= 11 is 0. The first-order valence-corrected chi connectivity index (χ1v) is 19.7. The van der Waals surface area contributed by atoms with Crippen LogP contribution in [0.15, 0.2) is 212 Å². The van der Waals surface area contributed by atoms with Gasteiger partial charge in [-0.15, -0.1) is 0 Å². The number of pyridine rings is 1. The van der Waals surface area contributed by atoms with Gasteiger partial charge in [-0.3, -0.25) is 0 Å². The summed E-state index contributed by atoms with van der Waals surface area (Å²) in [6.45, 7) is 0. The number of hydrogen-bond acceptors (Lipinski definition) is 3. The third-order valence-electron chi connectivity index (χ3n) is 11.3. The number of nitrogens with zero attached hydrogens (tertiary/aromatic N) is 3. The molecule has 11 aromatic rings. The summed E-state index contributed by atoms with van der Waals surface area (Å²) < 4.78 is 0. The molecule has 0 amide bonds. The highest BCUT2D eigenvalue weighted by atomic mass is 14.9. The molecule has 0 N–H and O–H groups in total. The third kappa shape index (κ3) is 6.16. The molecule has 0 radical (unpaired) electrons. The fourth-order valence-corrected chi connectivity index (χ4v) is 8.22. The highest BCUT2D eigenvalue weighted by molar-refractivity contribution is 6.14. The lowest BCUT2D eigenvalue weighted by Crippen LogP contribution is -1.96. The van der Waals surface area contributed by atoms with E-state index in [0.29, 0.717) is 5.82 Å². The van der Waals surface area contributed by atoms with Gasteiger partial charge in [0.05, 0.1) is 22.6 Å². The summed E-state index contributed by atoms with van der Waals surface area (Å²) in [5, 5.41) is 8.37. The van der Waals surface area contributed by atoms with Crippen molar-refractivity contribution >= 4 is 43.2 Å². The van der Waals surface area contributed by atoms with Gasteiger partial charge in [-0.1, -0.05) is 182 Å². The lowest BCUT2D eigenvalue weighted by Gasteiger charge is -2.14. The van der Waals surface area contributed by atoms with Crippen LogP contribution in [0.1, 0.15) is 0 Å². The molecule has 0 unspecified atom stereocenters. The van der Waals surface area contributed by atoms with Crippen molar-refractivity contribution in [2.24, 2.45) is 0 Å². The van der Waals surface area contributed by atoms with Crippen molar-refractivity contribution in [2.45, 2.75) is 0 Å². The van der Waals surface area contributed by atoms with Gasteiger partial charge in [0, 0.05) is 27.6 Å². The smallest absolute Gasteiger partial charge is 0.160 e. The minimum absolute atomic E-state index is 0.696. The molecule has 3 heteroatoms. The van der Waals surface area contributed by atoms with Gasteiger partial charge >= 0.3 is 0 Å². The zero-order chi connectivity index (χ0) is 38.4. The minimum Gasteiger partial charge on any atom is -0.248 e. The molecule has 9 aromatic carbocycles. The summed E-state index contributed by atoms with van der Waals surface area (Å²) in [6, 6.07) is 75.2. The molecule has 58 heavy (non-hydrogen) atoms. The van der Waals surface area contributed by atoms with Crippen LogP contribution in [-0.2, 0) is 0 Å². The molecule has 11 rings (SSSR count). The van der Waals surface area contributed by atoms with E-state index in [-0.39, 0.29) is 0 Å². The Bertz CT molecular complexity index is 3220. The van der Waals surface area contributed by atoms with E-state index in [2.05, 4.69) is 206 Å². The molecule has 0 aliphatic rings. The van der Waals surface area contributed by atoms with E-state index in [1.807, 2.05) is 6.07 Å². The Hall–Kier alpha value is -7.75. The molecular formula is C55H35N3. The molecule has 0 atom stereocenters. The molecule has 0 saturated heterocycles. The standard InChI is InChI=1S/C55H35N3/c1-2-13-42(14-3-1)51-34-49(54-48-17-9-8-12-40(48)30-31-50(54)56-51)41-24-18-38(19-25-41)39-20-26-43(27-21-39)55-57-52(46-28-22-36-10-4-6-15-44(36)32-46)35-53(58-55)47-29-23-37-11-5-7-16-45(37)33-47/h1-35H. The van der Waals surface area contributed by atoms with E-state index in [1.54, 1.807) is 0 Å². The normalized spacial score (nSPS) is 11.4. The average molecular weight is 738 g/mol. The Kier molecular flexibility index (Phi) is 8.15. The largest absolute Gasteiger partial charge is 0.248 e. The highest BCUT2D eigenvalue weighted by Gasteiger charge is 2.15. The maximum Gasteiger partial charge on any atom is 0.160 e. The van der Waals surface area contributed by atoms with Crippen LogP contribution in [-0.4, -0.2) is 15.0 Å². The lowest BCUT2D eigenvalue weighted by atomic mass is 9.93. The zero-order valence-electron chi connectivity index (χ0n) is 31.5. The van der Waals surface area contributed by atoms with E-state index in [1.165, 1.54) is 43.3 Å². The molecule has 0 saturated carbocycles. The Labute approximate surface area is 336 Å². The molecular weight excluding hydrogens is 703 g/mol. The maximum atomic E-state index is 5.18. The first kappa shape index (κ1) is 33.6. The Morgan fingerprint density at radius 2 is 0.724 bits per heavy atom. The molecule has 2 heterocycles. The molecule has 3 nitrogen and oxygen atoms in total. The number of rotatable bonds is 6. The predicted octanol–water partition coefficient (Wildman–Crippen LogP) is 14.5. The zero-order valence-corrected chi connectivity index (χ0v) is 31.5. The van der Waals surface area contributed by atoms with Crippen molar-refractivity contribution in [2.75, 3.05) is 0 Å². The maximum absolute atomic E-state index is 5.18. The summed E-state index contributed by atoms with van der Waals surface area (Å²) in [7, 11) is 0. The molecule has 0 bridgehead atoms. The van der Waals surface area contributed by atoms with Gasteiger partial charge in [-0.25, -0.2) is 15.0 Å². The number of benzene rings is 9. The molecule has 0 aliphatic carbocycles. The topological polar surface area (TPSA) is 38.7 Å². The van der Waals surface area contributed by atoms with Crippen molar-refractivity contribution in [1.29, 1.82) is 0 Å². The monoisotopic (exact) mass is 737 g/mol. The summed E-state index contributed by atoms with van der Waals surface area (Å²) in [6.07, 6.45) is 0. The first-order valence-electron chi connectivity index (χ1n) is 19.7. The lowest BCUT2D eigenvalue weighted by molar-refractivity contribution is 1.18. The van der Waals surface area contributed by atoms with Gasteiger partial charge in [0.2, 0.25) is 0 Å². The van der Waals surface area contributed by atoms with Gasteiger partial charge in [0.15, 0.2) is 5.82 Å². The van der Waals surface area contributed by atoms with Gasteiger partial charge in [0.1, 0.15) is 0 Å². The van der Waals surface area contributed by atoms with Gasteiger partial charge < -0.3 is 0 Å². The SMILES string of the molecule is c1ccc(-c2cc(-c3ccc(-c4ccc(-c5nc(-c6ccc7ccccc7c6)cc(-c6ccc7ccccc7c6)n5)cc4)cc3)c3c(ccc4ccccc43)n2)cc1. The van der Waals surface area contributed by atoms with Crippen molar-refractivity contribution in [1.82, 2.24) is 15.0 Å². The van der Waals surface area contributed by atoms with Gasteiger partial charge in [-0.05, 0) is 84.9 Å². The van der Waals surface area contributed by atoms with E-state index in [4.69, 9.17) is 15.0 Å². The van der Waals surface area contributed by atoms with Crippen molar-refractivity contribution in [3.63, 3.8) is 0 Å². The van der Waals surface area contributed by atoms with Crippen molar-refractivity contribution < 1.29 is 0 Å². The van der Waals surface area contributed by atoms with Gasteiger partial charge in [0.25, 0.3) is 0 Å². The quantitative estimate of drug-likeness (QED) is 0.160. The molecule has 2 aromatic heterocycles. The van der Waals surface area contributed by atoms with E-state index < -0.39 is 0 Å². The Morgan fingerprint density at radius 3 is 1.34 bits per heavy atom. The third-order valence-corrected chi connectivity index (χ3v) is 11.3. The summed E-state index contributed by atoms with van der Waals surface area (Å²) in [4.78, 5) is 15.5. The van der Waals surface area contributed by atoms with Crippen LogP contribution < -0.4 is 0 Å². The molecule has 0 aliphatic heterocycles. The van der Waals surface area contributed by atoms with Crippen LogP contribution in [0.4, 0.5) is 0 Å². The molecule has 270 valence electrons. The molecule has 0 fully saturated rings. The van der Waals surface area contributed by atoms with Crippen LogP contribution in [0.25, 0.3) is 111 Å². The summed E-state index contributed by atoms with van der Waals surface area (Å²) in [5.74, 6) is 0.696. The molecule has 0 spiro atoms. The van der Waals surface area contributed by atoms with Crippen LogP contribution in [0, 0.1) is 0 Å². The minimum atomic E-state index is 0.696. The second-order valence-corrected chi connectivity index (χ2v) is 14.8. The van der Waals surface area contributed by atoms with Crippen molar-refractivity contribution in [3.05, 3.63) is 212 Å². The predicted molar refractivity (Wildman–Crippen MR) is 242 cm³/mol.